The predicted molar refractivity (Wildman–Crippen MR) is 131 cm³/mol. The number of imidazole rings is 1. The Bertz CT molecular complexity index is 1530. The first-order valence-corrected chi connectivity index (χ1v) is 11.2. The number of nitrogens with one attached hydrogen (secondary N) is 2. The van der Waals surface area contributed by atoms with Crippen LogP contribution in [0.15, 0.2) is 48.8 Å². The maximum absolute atomic E-state index is 13.8. The van der Waals surface area contributed by atoms with Crippen LogP contribution in [0.5, 0.6) is 5.75 Å². The lowest BCUT2D eigenvalue weighted by molar-refractivity contribution is 0.0940. The van der Waals surface area contributed by atoms with Crippen LogP contribution in [0.25, 0.3) is 5.65 Å². The quantitative estimate of drug-likeness (QED) is 0.383. The van der Waals surface area contributed by atoms with Gasteiger partial charge in [-0.1, -0.05) is 12.1 Å². The number of alkyl halides is 1. The number of hydrogen-bond donors (Lipinski definition) is 2. The van der Waals surface area contributed by atoms with E-state index in [-0.39, 0.29) is 41.6 Å². The van der Waals surface area contributed by atoms with Crippen molar-refractivity contribution in [1.29, 1.82) is 0 Å². The summed E-state index contributed by atoms with van der Waals surface area (Å²) in [4.78, 5) is 22.4. The molecule has 0 bridgehead atoms. The van der Waals surface area contributed by atoms with Crippen LogP contribution in [0.1, 0.15) is 32.1 Å². The second-order valence-corrected chi connectivity index (χ2v) is 8.50. The zero-order valence-electron chi connectivity index (χ0n) is 22.5. The molecule has 36 heavy (non-hydrogen) atoms. The summed E-state index contributed by atoms with van der Waals surface area (Å²) in [6.07, 6.45) is 1.41. The summed E-state index contributed by atoms with van der Waals surface area (Å²) in [5.41, 5.74) is 1.26. The minimum atomic E-state index is -2.62. The molecule has 1 aromatic carbocycles. The lowest BCUT2D eigenvalue weighted by Crippen LogP contribution is -2.28. The Morgan fingerprint density at radius 1 is 1.25 bits per heavy atom. The molecule has 1 aliphatic rings. The number of methoxy groups -OCH3 is 1. The topological polar surface area (TPSA) is 96.7 Å². The van der Waals surface area contributed by atoms with Crippen LogP contribution in [-0.2, 0) is 6.54 Å². The molecule has 2 atom stereocenters. The van der Waals surface area contributed by atoms with E-state index in [9.17, 15) is 13.6 Å². The van der Waals surface area contributed by atoms with E-state index in [2.05, 4.69) is 25.7 Å². The van der Waals surface area contributed by atoms with E-state index in [0.717, 1.165) is 11.1 Å². The molecule has 3 heterocycles. The molecule has 2 N–H and O–H groups in total. The van der Waals surface area contributed by atoms with Crippen LogP contribution in [0.3, 0.4) is 0 Å². The molecule has 4 aromatic rings. The van der Waals surface area contributed by atoms with Crippen molar-refractivity contribution in [2.24, 2.45) is 0 Å². The molecule has 186 valence electrons. The van der Waals surface area contributed by atoms with E-state index in [0.29, 0.717) is 16.9 Å². The molecule has 5 rings (SSSR count). The van der Waals surface area contributed by atoms with Crippen LogP contribution in [0, 0.1) is 12.7 Å². The number of hydrogen-bond acceptors (Lipinski definition) is 7. The van der Waals surface area contributed by atoms with E-state index in [1.54, 1.807) is 31.2 Å². The third-order valence-electron chi connectivity index (χ3n) is 5.80. The van der Waals surface area contributed by atoms with E-state index < -0.39 is 30.9 Å². The summed E-state index contributed by atoms with van der Waals surface area (Å²) in [6.45, 7) is -1.08. The number of amides is 1. The molecular weight excluding hydrogens is 468 g/mol. The van der Waals surface area contributed by atoms with Gasteiger partial charge in [0.2, 0.25) is 0 Å². The van der Waals surface area contributed by atoms with Crippen molar-refractivity contribution in [2.45, 2.75) is 32.1 Å². The number of aryl methyl sites for hydroxylation is 1. The van der Waals surface area contributed by atoms with Gasteiger partial charge in [-0.2, -0.15) is 0 Å². The average Bonchev–Trinajstić information content (AvgIpc) is 3.40. The number of rotatable bonds is 8. The van der Waals surface area contributed by atoms with Gasteiger partial charge < -0.3 is 20.3 Å². The molecule has 0 saturated heterocycles. The van der Waals surface area contributed by atoms with Crippen molar-refractivity contribution in [2.75, 3.05) is 24.3 Å². The Labute approximate surface area is 210 Å². The van der Waals surface area contributed by atoms with E-state index in [4.69, 9.17) is 8.85 Å². The average molecular weight is 497 g/mol. The molecule has 3 aromatic heterocycles. The van der Waals surface area contributed by atoms with Crippen molar-refractivity contribution in [3.05, 3.63) is 71.4 Å². The van der Waals surface area contributed by atoms with Gasteiger partial charge in [0, 0.05) is 30.1 Å². The number of nitrogens with zero attached hydrogens (tertiary/aromatic N) is 5. The number of carbonyl (C=O) groups excluding carboxylic acids is 1. The predicted octanol–water partition coefficient (Wildman–Crippen LogP) is 3.80. The molecule has 9 nitrogen and oxygen atoms in total. The molecule has 0 unspecified atom stereocenters. The second kappa shape index (κ2) is 9.40. The highest BCUT2D eigenvalue weighted by Gasteiger charge is 2.39. The summed E-state index contributed by atoms with van der Waals surface area (Å²) in [5, 5.41) is 9.97. The molecule has 1 saturated carbocycles. The standard InChI is InChI=1S/C25H25F2N7O2/c1-14-8-22(28-11-18(14)27)31-23-10-20(33(2)13-15-4-6-16(36-3)7-5-15)24-29-12-21(34(24)32-23)25(35)30-19-9-17(19)26/h4-8,10-12,17,19H,9,13H2,1-3H3,(H,30,35)(H,28,31,32)/t17-,19+/m0/s1/i2D3. The van der Waals surface area contributed by atoms with Gasteiger partial charge in [0.1, 0.15) is 23.6 Å². The van der Waals surface area contributed by atoms with Crippen LogP contribution in [0.2, 0.25) is 0 Å². The van der Waals surface area contributed by atoms with Crippen molar-refractivity contribution in [3.63, 3.8) is 0 Å². The van der Waals surface area contributed by atoms with E-state index >= 15 is 0 Å². The van der Waals surface area contributed by atoms with Gasteiger partial charge in [-0.15, -0.1) is 5.10 Å². The first-order chi connectivity index (χ1) is 18.5. The number of carbonyl (C=O) groups is 1. The van der Waals surface area contributed by atoms with E-state index in [1.165, 1.54) is 30.0 Å². The summed E-state index contributed by atoms with van der Waals surface area (Å²) in [7, 11) is 1.53. The zero-order chi connectivity index (χ0) is 27.9. The van der Waals surface area contributed by atoms with Gasteiger partial charge in [-0.05, 0) is 36.2 Å². The van der Waals surface area contributed by atoms with Gasteiger partial charge in [0.05, 0.1) is 31.2 Å². The fraction of sp³-hybridized carbons (Fsp3) is 0.280. The molecule has 1 fully saturated rings. The lowest BCUT2D eigenvalue weighted by atomic mass is 10.2. The summed E-state index contributed by atoms with van der Waals surface area (Å²) in [5.74, 6) is -0.0882. The highest BCUT2D eigenvalue weighted by Crippen LogP contribution is 2.28. The number of ether oxygens (including phenoxy) is 1. The van der Waals surface area contributed by atoms with Crippen molar-refractivity contribution in [3.8, 4) is 5.75 Å². The highest BCUT2D eigenvalue weighted by atomic mass is 19.1. The Balaban J connectivity index is 1.60. The third-order valence-corrected chi connectivity index (χ3v) is 5.80. The fourth-order valence-corrected chi connectivity index (χ4v) is 3.66. The first kappa shape index (κ1) is 20.0. The maximum atomic E-state index is 13.8. The first-order valence-electron chi connectivity index (χ1n) is 12.7. The lowest BCUT2D eigenvalue weighted by Gasteiger charge is -2.21. The number of halogens is 2. The number of pyridine rings is 1. The Morgan fingerprint density at radius 3 is 2.69 bits per heavy atom. The fourth-order valence-electron chi connectivity index (χ4n) is 3.66. The zero-order valence-corrected chi connectivity index (χ0v) is 19.5. The third kappa shape index (κ3) is 4.77. The molecule has 0 aliphatic heterocycles. The van der Waals surface area contributed by atoms with Gasteiger partial charge in [-0.3, -0.25) is 4.79 Å². The Kier molecular flexibility index (Phi) is 5.21. The summed E-state index contributed by atoms with van der Waals surface area (Å²) < 4.78 is 58.4. The van der Waals surface area contributed by atoms with Crippen molar-refractivity contribution >= 4 is 28.9 Å². The number of benzene rings is 1. The monoisotopic (exact) mass is 496 g/mol. The van der Waals surface area contributed by atoms with E-state index in [1.807, 2.05) is 0 Å². The van der Waals surface area contributed by atoms with Crippen LogP contribution in [0.4, 0.5) is 26.1 Å². The summed E-state index contributed by atoms with van der Waals surface area (Å²) in [6, 6.07) is 9.28. The van der Waals surface area contributed by atoms with Gasteiger partial charge in [-0.25, -0.2) is 23.3 Å². The smallest absolute Gasteiger partial charge is 0.271 e. The minimum Gasteiger partial charge on any atom is -0.497 e. The second-order valence-electron chi connectivity index (χ2n) is 8.50. The number of anilines is 3. The molecule has 0 spiro atoms. The molecule has 11 heteroatoms. The SMILES string of the molecule is [2H]C([2H])([2H])N(Cc1ccc(OC)cc1)c1cc(Nc2cc(C)c(F)cn2)nn2c(C(=O)N[C@@H]3C[C@@H]3F)cnc12. The maximum Gasteiger partial charge on any atom is 0.271 e. The largest absolute Gasteiger partial charge is 0.497 e. The van der Waals surface area contributed by atoms with Crippen LogP contribution in [-0.4, -0.2) is 51.8 Å². The normalized spacial score (nSPS) is 18.2. The Morgan fingerprint density at radius 2 is 2.03 bits per heavy atom. The summed E-state index contributed by atoms with van der Waals surface area (Å²) >= 11 is 0. The van der Waals surface area contributed by atoms with Crippen LogP contribution < -0.4 is 20.3 Å². The number of aromatic nitrogens is 4. The van der Waals surface area contributed by atoms with Crippen LogP contribution >= 0.6 is 0 Å². The minimum absolute atomic E-state index is 0.00724. The van der Waals surface area contributed by atoms with Gasteiger partial charge in [0.25, 0.3) is 5.91 Å². The molecule has 1 aliphatic carbocycles. The van der Waals surface area contributed by atoms with Crippen molar-refractivity contribution < 1.29 is 22.4 Å². The van der Waals surface area contributed by atoms with Crippen molar-refractivity contribution in [1.82, 2.24) is 24.9 Å². The highest BCUT2D eigenvalue weighted by molar-refractivity contribution is 5.94. The molecule has 0 radical (unpaired) electrons. The number of fused-ring (bicyclic) bond motifs is 1. The molecule has 1 amide bonds. The Hall–Kier alpha value is -4.28. The molecular formula is C25H25F2N7O2. The van der Waals surface area contributed by atoms with Gasteiger partial charge in [0.15, 0.2) is 17.2 Å². The van der Waals surface area contributed by atoms with Gasteiger partial charge >= 0.3 is 0 Å².